The molecule has 0 bridgehead atoms. The number of methoxy groups -OCH3 is 2. The van der Waals surface area contributed by atoms with Gasteiger partial charge in [0.15, 0.2) is 17.8 Å². The van der Waals surface area contributed by atoms with Gasteiger partial charge in [0, 0.05) is 5.56 Å². The number of carbonyl (C=O) groups is 1. The summed E-state index contributed by atoms with van der Waals surface area (Å²) in [5.74, 6) is 1.16. The maximum Gasteiger partial charge on any atom is 0.161 e. The second-order valence-corrected chi connectivity index (χ2v) is 4.97. The molecule has 110 valence electrons. The molecule has 0 aliphatic carbocycles. The average molecular weight is 292 g/mol. The van der Waals surface area contributed by atoms with Gasteiger partial charge in [-0.2, -0.15) is 0 Å². The van der Waals surface area contributed by atoms with E-state index in [0.29, 0.717) is 17.1 Å². The summed E-state index contributed by atoms with van der Waals surface area (Å²) in [6.45, 7) is 0. The first-order valence-electron chi connectivity index (χ1n) is 6.97. The van der Waals surface area contributed by atoms with Crippen molar-refractivity contribution in [2.24, 2.45) is 0 Å². The summed E-state index contributed by atoms with van der Waals surface area (Å²) in [6, 6.07) is 17.8. The lowest BCUT2D eigenvalue weighted by molar-refractivity contribution is 0.112. The Balaban J connectivity index is 2.22. The molecule has 3 rings (SSSR count). The van der Waals surface area contributed by atoms with Crippen LogP contribution in [0.25, 0.3) is 21.9 Å². The quantitative estimate of drug-likeness (QED) is 0.671. The van der Waals surface area contributed by atoms with Crippen molar-refractivity contribution in [3.05, 3.63) is 60.2 Å². The summed E-state index contributed by atoms with van der Waals surface area (Å²) < 4.78 is 10.6. The van der Waals surface area contributed by atoms with Gasteiger partial charge in [0.05, 0.1) is 14.2 Å². The van der Waals surface area contributed by atoms with Crippen molar-refractivity contribution < 1.29 is 14.3 Å². The largest absolute Gasteiger partial charge is 0.493 e. The zero-order valence-electron chi connectivity index (χ0n) is 12.5. The van der Waals surface area contributed by atoms with Crippen LogP contribution in [0.1, 0.15) is 10.4 Å². The van der Waals surface area contributed by atoms with Crippen molar-refractivity contribution in [2.75, 3.05) is 14.2 Å². The van der Waals surface area contributed by atoms with Crippen molar-refractivity contribution in [3.8, 4) is 22.6 Å². The van der Waals surface area contributed by atoms with Gasteiger partial charge < -0.3 is 9.47 Å². The molecule has 0 amide bonds. The van der Waals surface area contributed by atoms with Gasteiger partial charge in [0.25, 0.3) is 0 Å². The zero-order valence-corrected chi connectivity index (χ0v) is 12.5. The third-order valence-corrected chi connectivity index (χ3v) is 3.74. The fraction of sp³-hybridized carbons (Fsp3) is 0.105. The van der Waals surface area contributed by atoms with Gasteiger partial charge in [-0.25, -0.2) is 0 Å². The second kappa shape index (κ2) is 5.90. The molecule has 0 aliphatic heterocycles. The monoisotopic (exact) mass is 292 g/mol. The van der Waals surface area contributed by atoms with Gasteiger partial charge >= 0.3 is 0 Å². The molecule has 0 spiro atoms. The summed E-state index contributed by atoms with van der Waals surface area (Å²) in [4.78, 5) is 11.4. The van der Waals surface area contributed by atoms with E-state index in [1.165, 1.54) is 5.39 Å². The molecular formula is C19H16O3. The number of ether oxygens (including phenoxy) is 2. The lowest BCUT2D eigenvalue weighted by atomic mass is 9.97. The van der Waals surface area contributed by atoms with Crippen molar-refractivity contribution in [1.82, 2.24) is 0 Å². The van der Waals surface area contributed by atoms with Crippen LogP contribution >= 0.6 is 0 Å². The molecule has 3 aromatic rings. The molecule has 3 nitrogen and oxygen atoms in total. The second-order valence-electron chi connectivity index (χ2n) is 4.97. The molecule has 0 aliphatic rings. The van der Waals surface area contributed by atoms with E-state index in [4.69, 9.17) is 9.47 Å². The van der Waals surface area contributed by atoms with Gasteiger partial charge in [-0.05, 0) is 40.1 Å². The van der Waals surface area contributed by atoms with Crippen molar-refractivity contribution in [2.45, 2.75) is 0 Å². The number of hydrogen-bond acceptors (Lipinski definition) is 3. The van der Waals surface area contributed by atoms with Gasteiger partial charge in [0.2, 0.25) is 0 Å². The number of benzene rings is 3. The van der Waals surface area contributed by atoms with Crippen LogP contribution < -0.4 is 9.47 Å². The van der Waals surface area contributed by atoms with Crippen LogP contribution in [0.5, 0.6) is 11.5 Å². The van der Waals surface area contributed by atoms with E-state index in [1.807, 2.05) is 24.3 Å². The van der Waals surface area contributed by atoms with E-state index in [2.05, 4.69) is 24.3 Å². The van der Waals surface area contributed by atoms with Crippen LogP contribution in [-0.2, 0) is 0 Å². The number of aldehydes is 1. The summed E-state index contributed by atoms with van der Waals surface area (Å²) >= 11 is 0. The van der Waals surface area contributed by atoms with E-state index in [-0.39, 0.29) is 0 Å². The minimum atomic E-state index is 0.550. The van der Waals surface area contributed by atoms with Crippen LogP contribution in [0, 0.1) is 0 Å². The first kappa shape index (κ1) is 14.1. The topological polar surface area (TPSA) is 35.5 Å². The third-order valence-electron chi connectivity index (χ3n) is 3.74. The minimum Gasteiger partial charge on any atom is -0.493 e. The van der Waals surface area contributed by atoms with Crippen LogP contribution in [0.2, 0.25) is 0 Å². The highest BCUT2D eigenvalue weighted by molar-refractivity contribution is 5.93. The van der Waals surface area contributed by atoms with Gasteiger partial charge in [-0.3, -0.25) is 4.79 Å². The molecule has 0 aromatic heterocycles. The molecule has 0 fully saturated rings. The van der Waals surface area contributed by atoms with E-state index in [0.717, 1.165) is 22.8 Å². The highest BCUT2D eigenvalue weighted by Gasteiger charge is 2.12. The Hall–Kier alpha value is -2.81. The summed E-state index contributed by atoms with van der Waals surface area (Å²) in [7, 11) is 3.14. The zero-order chi connectivity index (χ0) is 15.5. The average Bonchev–Trinajstić information content (AvgIpc) is 2.60. The van der Waals surface area contributed by atoms with Gasteiger partial charge in [-0.1, -0.05) is 36.4 Å². The normalized spacial score (nSPS) is 10.5. The molecule has 0 N–H and O–H groups in total. The summed E-state index contributed by atoms with van der Waals surface area (Å²) in [5, 5.41) is 2.30. The fourth-order valence-electron chi connectivity index (χ4n) is 2.60. The minimum absolute atomic E-state index is 0.550. The molecular weight excluding hydrogens is 276 g/mol. The predicted molar refractivity (Wildman–Crippen MR) is 87.9 cm³/mol. The Morgan fingerprint density at radius 1 is 0.818 bits per heavy atom. The van der Waals surface area contributed by atoms with Crippen molar-refractivity contribution >= 4 is 17.1 Å². The number of rotatable bonds is 4. The smallest absolute Gasteiger partial charge is 0.161 e. The van der Waals surface area contributed by atoms with Crippen LogP contribution in [0.3, 0.4) is 0 Å². The van der Waals surface area contributed by atoms with Crippen LogP contribution in [0.15, 0.2) is 54.6 Å². The SMILES string of the molecule is COc1cc(C=O)c(-c2ccc3ccccc3c2)cc1OC. The van der Waals surface area contributed by atoms with Crippen molar-refractivity contribution in [1.29, 1.82) is 0 Å². The molecule has 22 heavy (non-hydrogen) atoms. The van der Waals surface area contributed by atoms with Gasteiger partial charge in [0.1, 0.15) is 0 Å². The first-order valence-corrected chi connectivity index (χ1v) is 6.97. The lowest BCUT2D eigenvalue weighted by Crippen LogP contribution is -1.95. The van der Waals surface area contributed by atoms with E-state index in [9.17, 15) is 4.79 Å². The van der Waals surface area contributed by atoms with Gasteiger partial charge in [-0.15, -0.1) is 0 Å². The molecule has 0 atom stereocenters. The highest BCUT2D eigenvalue weighted by Crippen LogP contribution is 2.36. The first-order chi connectivity index (χ1) is 10.8. The van der Waals surface area contributed by atoms with E-state index in [1.54, 1.807) is 20.3 Å². The highest BCUT2D eigenvalue weighted by atomic mass is 16.5. The molecule has 3 heteroatoms. The number of hydrogen-bond donors (Lipinski definition) is 0. The third kappa shape index (κ3) is 2.42. The molecule has 0 saturated heterocycles. The Labute approximate surface area is 129 Å². The standard InChI is InChI=1S/C19H16O3/c1-21-18-10-16(12-20)17(11-19(18)22-2)15-8-7-13-5-3-4-6-14(13)9-15/h3-12H,1-2H3. The fourth-order valence-corrected chi connectivity index (χ4v) is 2.60. The van der Waals surface area contributed by atoms with E-state index < -0.39 is 0 Å². The molecule has 0 unspecified atom stereocenters. The lowest BCUT2D eigenvalue weighted by Gasteiger charge is -2.13. The number of carbonyl (C=O) groups excluding carboxylic acids is 1. The maximum atomic E-state index is 11.4. The molecule has 3 aromatic carbocycles. The Kier molecular flexibility index (Phi) is 3.79. The summed E-state index contributed by atoms with van der Waals surface area (Å²) in [5.41, 5.74) is 2.38. The van der Waals surface area contributed by atoms with Crippen LogP contribution in [0.4, 0.5) is 0 Å². The summed E-state index contributed by atoms with van der Waals surface area (Å²) in [6.07, 6.45) is 0.840. The predicted octanol–water partition coefficient (Wildman–Crippen LogP) is 4.34. The number of fused-ring (bicyclic) bond motifs is 1. The maximum absolute atomic E-state index is 11.4. The molecule has 0 saturated carbocycles. The Bertz CT molecular complexity index is 837. The molecule has 0 radical (unpaired) electrons. The van der Waals surface area contributed by atoms with Crippen LogP contribution in [-0.4, -0.2) is 20.5 Å². The molecule has 0 heterocycles. The Morgan fingerprint density at radius 3 is 2.18 bits per heavy atom. The van der Waals surface area contributed by atoms with Crippen molar-refractivity contribution in [3.63, 3.8) is 0 Å². The van der Waals surface area contributed by atoms with E-state index >= 15 is 0 Å². The Morgan fingerprint density at radius 2 is 1.50 bits per heavy atom.